The summed E-state index contributed by atoms with van der Waals surface area (Å²) in [5.74, 6) is 0.536. The minimum Gasteiger partial charge on any atom is -0.374 e. The van der Waals surface area contributed by atoms with Gasteiger partial charge in [-0.1, -0.05) is 13.8 Å². The molecule has 2 unspecified atom stereocenters. The van der Waals surface area contributed by atoms with Crippen molar-refractivity contribution in [1.82, 2.24) is 5.32 Å². The predicted molar refractivity (Wildman–Crippen MR) is 79.2 cm³/mol. The summed E-state index contributed by atoms with van der Waals surface area (Å²) in [6.07, 6.45) is 4.98. The SMILES string of the molecule is CCNC(CCCS(=O)(=O)CC)C1(C)CCCCO1. The van der Waals surface area contributed by atoms with Gasteiger partial charge in [0.25, 0.3) is 0 Å². The van der Waals surface area contributed by atoms with Gasteiger partial charge in [0.2, 0.25) is 0 Å². The Bertz CT molecular complexity index is 348. The molecule has 0 aromatic heterocycles. The molecule has 1 saturated heterocycles. The van der Waals surface area contributed by atoms with Gasteiger partial charge in [-0.15, -0.1) is 0 Å². The van der Waals surface area contributed by atoms with Gasteiger partial charge in [-0.25, -0.2) is 8.42 Å². The third kappa shape index (κ3) is 5.40. The third-order valence-electron chi connectivity index (χ3n) is 4.07. The number of likely N-dealkylation sites (N-methyl/N-ethyl adjacent to an activating group) is 1. The average molecular weight is 291 g/mol. The van der Waals surface area contributed by atoms with Crippen LogP contribution in [-0.4, -0.2) is 44.7 Å². The highest BCUT2D eigenvalue weighted by Crippen LogP contribution is 2.30. The lowest BCUT2D eigenvalue weighted by molar-refractivity contribution is -0.0898. The fraction of sp³-hybridized carbons (Fsp3) is 1.00. The van der Waals surface area contributed by atoms with Crippen LogP contribution in [0.4, 0.5) is 0 Å². The van der Waals surface area contributed by atoms with E-state index in [1.165, 1.54) is 6.42 Å². The number of rotatable bonds is 8. The molecule has 0 aromatic carbocycles. The molecule has 1 N–H and O–H groups in total. The number of sulfone groups is 1. The van der Waals surface area contributed by atoms with Crippen molar-refractivity contribution < 1.29 is 13.2 Å². The van der Waals surface area contributed by atoms with Crippen LogP contribution in [0, 0.1) is 0 Å². The molecule has 1 aliphatic rings. The first-order chi connectivity index (χ1) is 8.93. The number of ether oxygens (including phenoxy) is 1. The van der Waals surface area contributed by atoms with Gasteiger partial charge in [-0.2, -0.15) is 0 Å². The zero-order valence-electron chi connectivity index (χ0n) is 12.6. The minimum atomic E-state index is -2.85. The molecule has 4 nitrogen and oxygen atoms in total. The van der Waals surface area contributed by atoms with Crippen molar-refractivity contribution in [3.8, 4) is 0 Å². The lowest BCUT2D eigenvalue weighted by Crippen LogP contribution is -2.52. The van der Waals surface area contributed by atoms with Crippen LogP contribution in [0.15, 0.2) is 0 Å². The second-order valence-corrected chi connectivity index (χ2v) is 8.08. The molecule has 0 aromatic rings. The van der Waals surface area contributed by atoms with Crippen molar-refractivity contribution in [2.45, 2.75) is 64.5 Å². The minimum absolute atomic E-state index is 0.135. The quantitative estimate of drug-likeness (QED) is 0.744. The Morgan fingerprint density at radius 2 is 2.05 bits per heavy atom. The summed E-state index contributed by atoms with van der Waals surface area (Å²) < 4.78 is 29.1. The fourth-order valence-electron chi connectivity index (χ4n) is 2.75. The summed E-state index contributed by atoms with van der Waals surface area (Å²) in [7, 11) is -2.85. The van der Waals surface area contributed by atoms with Crippen molar-refractivity contribution >= 4 is 9.84 Å². The maximum atomic E-state index is 11.5. The van der Waals surface area contributed by atoms with Crippen molar-refractivity contribution in [2.75, 3.05) is 24.7 Å². The topological polar surface area (TPSA) is 55.4 Å². The van der Waals surface area contributed by atoms with E-state index in [1.54, 1.807) is 6.92 Å². The first kappa shape index (κ1) is 16.9. The van der Waals surface area contributed by atoms with Crippen LogP contribution in [0.3, 0.4) is 0 Å². The van der Waals surface area contributed by atoms with Gasteiger partial charge in [-0.3, -0.25) is 0 Å². The Hall–Kier alpha value is -0.130. The van der Waals surface area contributed by atoms with Gasteiger partial charge >= 0.3 is 0 Å². The van der Waals surface area contributed by atoms with Crippen molar-refractivity contribution in [2.24, 2.45) is 0 Å². The monoisotopic (exact) mass is 291 g/mol. The molecule has 19 heavy (non-hydrogen) atoms. The molecule has 0 spiro atoms. The molecular formula is C14H29NO3S. The average Bonchev–Trinajstić information content (AvgIpc) is 2.38. The number of hydrogen-bond acceptors (Lipinski definition) is 4. The standard InChI is InChI=1S/C14H29NO3S/c1-4-15-13(9-8-12-19(16,17)5-2)14(3)10-6-7-11-18-14/h13,15H,4-12H2,1-3H3. The van der Waals surface area contributed by atoms with E-state index in [9.17, 15) is 8.42 Å². The van der Waals surface area contributed by atoms with E-state index < -0.39 is 9.84 Å². The summed E-state index contributed by atoms with van der Waals surface area (Å²) in [4.78, 5) is 0. The van der Waals surface area contributed by atoms with Crippen LogP contribution >= 0.6 is 0 Å². The van der Waals surface area contributed by atoms with Crippen LogP contribution in [0.1, 0.15) is 52.9 Å². The van der Waals surface area contributed by atoms with Crippen LogP contribution in [0.2, 0.25) is 0 Å². The Morgan fingerprint density at radius 1 is 1.32 bits per heavy atom. The van der Waals surface area contributed by atoms with E-state index >= 15 is 0 Å². The first-order valence-electron chi connectivity index (χ1n) is 7.51. The Balaban J connectivity index is 2.52. The van der Waals surface area contributed by atoms with E-state index in [0.29, 0.717) is 12.2 Å². The molecule has 2 atom stereocenters. The summed E-state index contributed by atoms with van der Waals surface area (Å²) in [5, 5.41) is 3.48. The molecule has 5 heteroatoms. The van der Waals surface area contributed by atoms with Crippen LogP contribution in [0.25, 0.3) is 0 Å². The highest BCUT2D eigenvalue weighted by atomic mass is 32.2. The lowest BCUT2D eigenvalue weighted by atomic mass is 9.86. The maximum Gasteiger partial charge on any atom is 0.150 e. The van der Waals surface area contributed by atoms with E-state index in [-0.39, 0.29) is 17.4 Å². The molecule has 114 valence electrons. The molecule has 1 fully saturated rings. The highest BCUT2D eigenvalue weighted by molar-refractivity contribution is 7.91. The van der Waals surface area contributed by atoms with E-state index in [4.69, 9.17) is 4.74 Å². The lowest BCUT2D eigenvalue weighted by Gasteiger charge is -2.41. The van der Waals surface area contributed by atoms with E-state index in [2.05, 4.69) is 19.2 Å². The molecule has 0 aliphatic carbocycles. The van der Waals surface area contributed by atoms with Crippen molar-refractivity contribution in [3.63, 3.8) is 0 Å². The molecule has 0 saturated carbocycles. The fourth-order valence-corrected chi connectivity index (χ4v) is 3.65. The zero-order valence-corrected chi connectivity index (χ0v) is 13.4. The maximum absolute atomic E-state index is 11.5. The van der Waals surface area contributed by atoms with Gasteiger partial charge < -0.3 is 10.1 Å². The molecule has 0 bridgehead atoms. The molecule has 1 aliphatic heterocycles. The second kappa shape index (κ2) is 7.60. The number of hydrogen-bond donors (Lipinski definition) is 1. The molecule has 0 radical (unpaired) electrons. The van der Waals surface area contributed by atoms with Gasteiger partial charge in [0.05, 0.1) is 11.4 Å². The largest absolute Gasteiger partial charge is 0.374 e. The smallest absolute Gasteiger partial charge is 0.150 e. The van der Waals surface area contributed by atoms with Gasteiger partial charge in [-0.05, 0) is 45.6 Å². The third-order valence-corrected chi connectivity index (χ3v) is 5.87. The zero-order chi connectivity index (χ0) is 14.4. The van der Waals surface area contributed by atoms with Crippen LogP contribution in [-0.2, 0) is 14.6 Å². The van der Waals surface area contributed by atoms with Crippen LogP contribution in [0.5, 0.6) is 0 Å². The number of nitrogens with one attached hydrogen (secondary N) is 1. The predicted octanol–water partition coefficient (Wildman–Crippen LogP) is 2.14. The Morgan fingerprint density at radius 3 is 2.58 bits per heavy atom. The Labute approximate surface area is 118 Å². The van der Waals surface area contributed by atoms with Crippen molar-refractivity contribution in [3.05, 3.63) is 0 Å². The molecule has 1 heterocycles. The summed E-state index contributed by atoms with van der Waals surface area (Å²) >= 11 is 0. The molecule has 0 amide bonds. The van der Waals surface area contributed by atoms with Gasteiger partial charge in [0, 0.05) is 18.4 Å². The van der Waals surface area contributed by atoms with E-state index in [1.807, 2.05) is 0 Å². The second-order valence-electron chi connectivity index (χ2n) is 5.61. The van der Waals surface area contributed by atoms with E-state index in [0.717, 1.165) is 32.4 Å². The van der Waals surface area contributed by atoms with Crippen molar-refractivity contribution in [1.29, 1.82) is 0 Å². The summed E-state index contributed by atoms with van der Waals surface area (Å²) in [6.45, 7) is 7.67. The first-order valence-corrected chi connectivity index (χ1v) is 9.33. The molecular weight excluding hydrogens is 262 g/mol. The summed E-state index contributed by atoms with van der Waals surface area (Å²) in [5.41, 5.74) is -0.135. The van der Waals surface area contributed by atoms with Crippen LogP contribution < -0.4 is 5.32 Å². The summed E-state index contributed by atoms with van der Waals surface area (Å²) in [6, 6.07) is 0.254. The normalized spacial score (nSPS) is 26.3. The Kier molecular flexibility index (Phi) is 6.77. The van der Waals surface area contributed by atoms with Gasteiger partial charge in [0.15, 0.2) is 0 Å². The van der Waals surface area contributed by atoms with Gasteiger partial charge in [0.1, 0.15) is 9.84 Å². The molecule has 1 rings (SSSR count). The highest BCUT2D eigenvalue weighted by Gasteiger charge is 2.36.